The van der Waals surface area contributed by atoms with Crippen LogP contribution >= 0.6 is 23.1 Å². The number of aromatic nitrogens is 5. The first-order valence-electron chi connectivity index (χ1n) is 7.12. The van der Waals surface area contributed by atoms with E-state index < -0.39 is 0 Å². The van der Waals surface area contributed by atoms with Crippen molar-refractivity contribution in [3.05, 3.63) is 22.6 Å². The Morgan fingerprint density at radius 1 is 1.32 bits per heavy atom. The van der Waals surface area contributed by atoms with Gasteiger partial charge in [0.2, 0.25) is 0 Å². The van der Waals surface area contributed by atoms with E-state index in [0.29, 0.717) is 11.9 Å². The van der Waals surface area contributed by atoms with Gasteiger partial charge in [0.25, 0.3) is 0 Å². The number of hydrogen-bond donors (Lipinski definition) is 1. The van der Waals surface area contributed by atoms with Crippen LogP contribution in [0.2, 0.25) is 0 Å². The second kappa shape index (κ2) is 5.29. The molecule has 1 N–H and O–H groups in total. The fourth-order valence-electron chi connectivity index (χ4n) is 2.49. The van der Waals surface area contributed by atoms with Crippen LogP contribution in [0.15, 0.2) is 15.6 Å². The highest BCUT2D eigenvalue weighted by atomic mass is 32.2. The van der Waals surface area contributed by atoms with Crippen LogP contribution in [0.1, 0.15) is 36.1 Å². The van der Waals surface area contributed by atoms with Gasteiger partial charge in [0.05, 0.1) is 0 Å². The number of nitrogens with zero attached hydrogens (tertiary/aromatic N) is 5. The molecule has 0 saturated heterocycles. The lowest BCUT2D eigenvalue weighted by atomic mass is 10.3. The largest absolute Gasteiger partial charge is 0.388 e. The van der Waals surface area contributed by atoms with Crippen molar-refractivity contribution in [2.24, 2.45) is 0 Å². The first kappa shape index (κ1) is 14.1. The number of rotatable bonds is 4. The summed E-state index contributed by atoms with van der Waals surface area (Å²) in [6.45, 7) is 3.90. The molecule has 3 heterocycles. The lowest BCUT2D eigenvalue weighted by Gasteiger charge is -2.08. The molecular formula is C14H15N5OS2. The van der Waals surface area contributed by atoms with Gasteiger partial charge in [-0.25, -0.2) is 9.97 Å². The predicted octanol–water partition coefficient (Wildman–Crippen LogP) is 2.88. The fourth-order valence-corrected chi connectivity index (χ4v) is 4.67. The van der Waals surface area contributed by atoms with E-state index in [9.17, 15) is 5.11 Å². The van der Waals surface area contributed by atoms with Gasteiger partial charge < -0.3 is 9.67 Å². The Labute approximate surface area is 135 Å². The molecule has 3 aromatic rings. The summed E-state index contributed by atoms with van der Waals surface area (Å²) in [6.07, 6.45) is 2.24. The Bertz CT molecular complexity index is 852. The highest BCUT2D eigenvalue weighted by Gasteiger charge is 2.30. The molecule has 6 nitrogen and oxygen atoms in total. The van der Waals surface area contributed by atoms with Crippen LogP contribution in [0.5, 0.6) is 0 Å². The number of hydrogen-bond acceptors (Lipinski definition) is 7. The third-order valence-corrected chi connectivity index (χ3v) is 5.61. The van der Waals surface area contributed by atoms with E-state index in [4.69, 9.17) is 0 Å². The molecule has 1 aliphatic carbocycles. The Kier molecular flexibility index (Phi) is 3.39. The summed E-state index contributed by atoms with van der Waals surface area (Å²) in [6, 6.07) is 0.418. The van der Waals surface area contributed by atoms with E-state index in [0.717, 1.165) is 39.1 Å². The van der Waals surface area contributed by atoms with Crippen molar-refractivity contribution in [1.82, 2.24) is 24.7 Å². The summed E-state index contributed by atoms with van der Waals surface area (Å²) >= 11 is 3.15. The molecule has 0 bridgehead atoms. The first-order valence-corrected chi connectivity index (χ1v) is 8.82. The van der Waals surface area contributed by atoms with E-state index >= 15 is 0 Å². The van der Waals surface area contributed by atoms with Gasteiger partial charge >= 0.3 is 0 Å². The van der Waals surface area contributed by atoms with Crippen molar-refractivity contribution < 1.29 is 5.11 Å². The van der Waals surface area contributed by atoms with Crippen molar-refractivity contribution in [2.45, 2.75) is 49.5 Å². The van der Waals surface area contributed by atoms with Gasteiger partial charge in [0.1, 0.15) is 22.3 Å². The SMILES string of the molecule is Cc1nc(Sc2nnc(CO)n2C2CC2)c2c(C)csc2n1. The summed E-state index contributed by atoms with van der Waals surface area (Å²) in [4.78, 5) is 10.1. The number of thiophene rings is 1. The topological polar surface area (TPSA) is 76.7 Å². The van der Waals surface area contributed by atoms with Gasteiger partial charge in [0, 0.05) is 11.4 Å². The van der Waals surface area contributed by atoms with Crippen molar-refractivity contribution in [3.8, 4) is 0 Å². The fraction of sp³-hybridized carbons (Fsp3) is 0.429. The number of aliphatic hydroxyl groups excluding tert-OH is 1. The third kappa shape index (κ3) is 2.31. The van der Waals surface area contributed by atoms with Crippen molar-refractivity contribution in [1.29, 1.82) is 0 Å². The predicted molar refractivity (Wildman–Crippen MR) is 85.2 cm³/mol. The van der Waals surface area contributed by atoms with Crippen LogP contribution in [-0.4, -0.2) is 29.8 Å². The van der Waals surface area contributed by atoms with Gasteiger partial charge in [-0.2, -0.15) is 0 Å². The molecule has 0 spiro atoms. The van der Waals surface area contributed by atoms with Crippen LogP contribution < -0.4 is 0 Å². The second-order valence-electron chi connectivity index (χ2n) is 5.43. The Hall–Kier alpha value is -1.51. The summed E-state index contributed by atoms with van der Waals surface area (Å²) in [7, 11) is 0. The van der Waals surface area contributed by atoms with Gasteiger partial charge in [-0.15, -0.1) is 21.5 Å². The van der Waals surface area contributed by atoms with Gasteiger partial charge in [-0.1, -0.05) is 0 Å². The lowest BCUT2D eigenvalue weighted by molar-refractivity contribution is 0.263. The average molecular weight is 333 g/mol. The number of aliphatic hydroxyl groups is 1. The smallest absolute Gasteiger partial charge is 0.197 e. The van der Waals surface area contributed by atoms with Crippen molar-refractivity contribution >= 4 is 33.3 Å². The molecule has 0 amide bonds. The summed E-state index contributed by atoms with van der Waals surface area (Å²) in [5.74, 6) is 1.39. The molecule has 4 rings (SSSR count). The monoisotopic (exact) mass is 333 g/mol. The highest BCUT2D eigenvalue weighted by Crippen LogP contribution is 2.41. The number of aryl methyl sites for hydroxylation is 2. The molecule has 0 aliphatic heterocycles. The molecular weight excluding hydrogens is 318 g/mol. The normalized spacial score (nSPS) is 14.9. The zero-order valence-electron chi connectivity index (χ0n) is 12.3. The summed E-state index contributed by atoms with van der Waals surface area (Å²) < 4.78 is 2.05. The molecule has 1 aliphatic rings. The average Bonchev–Trinajstić information content (AvgIpc) is 3.15. The standard InChI is InChI=1S/C14H15N5OS2/c1-7-6-21-12-11(7)13(16-8(2)15-12)22-14-18-17-10(5-20)19(14)9-3-4-9/h6,9,20H,3-5H2,1-2H3. The molecule has 3 aromatic heterocycles. The van der Waals surface area contributed by atoms with Crippen LogP contribution in [0, 0.1) is 13.8 Å². The maximum atomic E-state index is 9.44. The van der Waals surface area contributed by atoms with Crippen LogP contribution in [0.4, 0.5) is 0 Å². The molecule has 22 heavy (non-hydrogen) atoms. The quantitative estimate of drug-likeness (QED) is 0.740. The highest BCUT2D eigenvalue weighted by molar-refractivity contribution is 7.99. The van der Waals surface area contributed by atoms with E-state index in [1.165, 1.54) is 17.3 Å². The van der Waals surface area contributed by atoms with Gasteiger partial charge in [-0.05, 0) is 49.4 Å². The van der Waals surface area contributed by atoms with E-state index in [2.05, 4.69) is 37.0 Å². The summed E-state index contributed by atoms with van der Waals surface area (Å²) in [5.41, 5.74) is 1.18. The van der Waals surface area contributed by atoms with Gasteiger partial charge in [-0.3, -0.25) is 0 Å². The molecule has 1 saturated carbocycles. The molecule has 0 radical (unpaired) electrons. The number of fused-ring (bicyclic) bond motifs is 1. The Morgan fingerprint density at radius 2 is 2.14 bits per heavy atom. The Balaban J connectivity index is 1.81. The third-order valence-electron chi connectivity index (χ3n) is 3.67. The molecule has 1 fully saturated rings. The van der Waals surface area contributed by atoms with Crippen LogP contribution in [-0.2, 0) is 6.61 Å². The van der Waals surface area contributed by atoms with Crippen molar-refractivity contribution in [3.63, 3.8) is 0 Å². The second-order valence-corrected chi connectivity index (χ2v) is 7.25. The minimum absolute atomic E-state index is 0.0836. The maximum Gasteiger partial charge on any atom is 0.197 e. The van der Waals surface area contributed by atoms with Gasteiger partial charge in [0.15, 0.2) is 11.0 Å². The maximum absolute atomic E-state index is 9.44. The zero-order chi connectivity index (χ0) is 15.3. The molecule has 114 valence electrons. The molecule has 0 unspecified atom stereocenters. The van der Waals surface area contributed by atoms with Crippen molar-refractivity contribution in [2.75, 3.05) is 0 Å². The Morgan fingerprint density at radius 3 is 2.86 bits per heavy atom. The van der Waals surface area contributed by atoms with Crippen LogP contribution in [0.3, 0.4) is 0 Å². The molecule has 0 aromatic carbocycles. The first-order chi connectivity index (χ1) is 10.7. The zero-order valence-corrected chi connectivity index (χ0v) is 13.9. The molecule has 8 heteroatoms. The molecule has 0 atom stereocenters. The summed E-state index contributed by atoms with van der Waals surface area (Å²) in [5, 5.41) is 22.7. The lowest BCUT2D eigenvalue weighted by Crippen LogP contribution is -2.03. The van der Waals surface area contributed by atoms with Crippen LogP contribution in [0.25, 0.3) is 10.2 Å². The minimum atomic E-state index is -0.0836. The van der Waals surface area contributed by atoms with E-state index in [1.807, 2.05) is 6.92 Å². The minimum Gasteiger partial charge on any atom is -0.388 e. The van der Waals surface area contributed by atoms with E-state index in [-0.39, 0.29) is 6.61 Å². The van der Waals surface area contributed by atoms with E-state index in [1.54, 1.807) is 11.3 Å².